The van der Waals surface area contributed by atoms with Crippen LogP contribution in [-0.4, -0.2) is 21.0 Å². The van der Waals surface area contributed by atoms with Gasteiger partial charge in [0, 0.05) is 10.6 Å². The van der Waals surface area contributed by atoms with Gasteiger partial charge in [-0.2, -0.15) is 0 Å². The third-order valence-electron chi connectivity index (χ3n) is 3.44. The minimum Gasteiger partial charge on any atom is -0.477 e. The van der Waals surface area contributed by atoms with Crippen LogP contribution < -0.4 is 0 Å². The van der Waals surface area contributed by atoms with Crippen LogP contribution in [0.2, 0.25) is 5.02 Å². The number of nitrogens with zero attached hydrogens (tertiary/aromatic N) is 2. The summed E-state index contributed by atoms with van der Waals surface area (Å²) >= 11 is 6.29. The zero-order valence-corrected chi connectivity index (χ0v) is 11.5. The molecule has 1 aromatic carbocycles. The first-order chi connectivity index (χ1) is 9.63. The number of aromatic carboxylic acids is 1. The molecule has 1 N–H and O–H groups in total. The number of hydrogen-bond donors (Lipinski definition) is 1. The van der Waals surface area contributed by atoms with Crippen molar-refractivity contribution in [1.82, 2.24) is 9.97 Å². The number of carboxylic acid groups (broad SMARTS) is 1. The molecule has 2 aromatic rings. The van der Waals surface area contributed by atoms with Crippen molar-refractivity contribution in [3.8, 4) is 11.3 Å². The minimum absolute atomic E-state index is 0.0202. The molecule has 1 heterocycles. The minimum atomic E-state index is -1.06. The molecule has 0 radical (unpaired) electrons. The zero-order chi connectivity index (χ0) is 14.1. The fourth-order valence-electron chi connectivity index (χ4n) is 2.14. The molecule has 0 aliphatic heterocycles. The Morgan fingerprint density at radius 1 is 1.30 bits per heavy atom. The molecule has 0 saturated heterocycles. The van der Waals surface area contributed by atoms with Crippen LogP contribution in [0.3, 0.4) is 0 Å². The molecule has 20 heavy (non-hydrogen) atoms. The fraction of sp³-hybridized carbons (Fsp3) is 0.267. The average Bonchev–Trinajstić information content (AvgIpc) is 3.25. The van der Waals surface area contributed by atoms with E-state index in [1.54, 1.807) is 0 Å². The third kappa shape index (κ3) is 2.80. The second-order valence-corrected chi connectivity index (χ2v) is 5.45. The summed E-state index contributed by atoms with van der Waals surface area (Å²) in [5.41, 5.74) is 2.50. The lowest BCUT2D eigenvalue weighted by Gasteiger charge is -2.07. The smallest absolute Gasteiger partial charge is 0.354 e. The van der Waals surface area contributed by atoms with Crippen LogP contribution in [0, 0.1) is 5.92 Å². The Morgan fingerprint density at radius 2 is 2.10 bits per heavy atom. The van der Waals surface area contributed by atoms with E-state index in [9.17, 15) is 4.79 Å². The Labute approximate surface area is 121 Å². The van der Waals surface area contributed by atoms with E-state index in [0.29, 0.717) is 10.7 Å². The number of rotatable bonds is 4. The predicted octanol–water partition coefficient (Wildman–Crippen LogP) is 3.45. The first-order valence-corrected chi connectivity index (χ1v) is 6.85. The molecule has 1 aliphatic carbocycles. The molecule has 1 aliphatic rings. The van der Waals surface area contributed by atoms with Gasteiger partial charge in [0.2, 0.25) is 0 Å². The summed E-state index contributed by atoms with van der Waals surface area (Å²) in [4.78, 5) is 18.7. The summed E-state index contributed by atoms with van der Waals surface area (Å²) in [6.45, 7) is 0. The Morgan fingerprint density at radius 3 is 2.75 bits per heavy atom. The lowest BCUT2D eigenvalue weighted by molar-refractivity contribution is 0.0690. The molecular formula is C15H13ClN2O2. The van der Waals surface area contributed by atoms with Crippen LogP contribution >= 0.6 is 11.6 Å². The van der Waals surface area contributed by atoms with Gasteiger partial charge < -0.3 is 5.11 Å². The number of hydrogen-bond acceptors (Lipinski definition) is 3. The fourth-order valence-corrected chi connectivity index (χ4v) is 2.39. The number of benzene rings is 1. The maximum atomic E-state index is 10.9. The SMILES string of the molecule is O=C(O)c1cc(-c2ccc(CC3CC3)c(Cl)c2)ncn1. The van der Waals surface area contributed by atoms with Gasteiger partial charge in [0.25, 0.3) is 0 Å². The third-order valence-corrected chi connectivity index (χ3v) is 3.79. The Bertz CT molecular complexity index is 669. The summed E-state index contributed by atoms with van der Waals surface area (Å²) in [6.07, 6.45) is 4.84. The monoisotopic (exact) mass is 288 g/mol. The van der Waals surface area contributed by atoms with Gasteiger partial charge in [-0.15, -0.1) is 0 Å². The van der Waals surface area contributed by atoms with Crippen molar-refractivity contribution in [2.24, 2.45) is 5.92 Å². The molecule has 0 amide bonds. The molecule has 102 valence electrons. The second-order valence-electron chi connectivity index (χ2n) is 5.05. The Kier molecular flexibility index (Phi) is 3.40. The largest absolute Gasteiger partial charge is 0.477 e. The van der Waals surface area contributed by atoms with Crippen LogP contribution in [0.4, 0.5) is 0 Å². The molecule has 3 rings (SSSR count). The van der Waals surface area contributed by atoms with E-state index in [4.69, 9.17) is 16.7 Å². The van der Waals surface area contributed by atoms with Crippen molar-refractivity contribution in [3.63, 3.8) is 0 Å². The van der Waals surface area contributed by atoms with E-state index < -0.39 is 5.97 Å². The molecule has 0 atom stereocenters. The molecule has 4 nitrogen and oxygen atoms in total. The molecule has 0 unspecified atom stereocenters. The molecule has 5 heteroatoms. The van der Waals surface area contributed by atoms with E-state index in [2.05, 4.69) is 9.97 Å². The van der Waals surface area contributed by atoms with Crippen LogP contribution in [0.25, 0.3) is 11.3 Å². The Balaban J connectivity index is 1.91. The van der Waals surface area contributed by atoms with Gasteiger partial charge in [-0.3, -0.25) is 0 Å². The standard InChI is InChI=1S/C15H13ClN2O2/c16-12-6-11(4-3-10(12)5-9-1-2-9)13-7-14(15(19)20)18-8-17-13/h3-4,6-9H,1-2,5H2,(H,19,20). The Hall–Kier alpha value is -1.94. The van der Waals surface area contributed by atoms with Gasteiger partial charge in [-0.05, 0) is 42.9 Å². The molecule has 1 saturated carbocycles. The lowest BCUT2D eigenvalue weighted by atomic mass is 10.0. The summed E-state index contributed by atoms with van der Waals surface area (Å²) in [7, 11) is 0. The van der Waals surface area contributed by atoms with Crippen LogP contribution in [0.1, 0.15) is 28.9 Å². The second kappa shape index (κ2) is 5.21. The first kappa shape index (κ1) is 13.1. The predicted molar refractivity (Wildman–Crippen MR) is 75.9 cm³/mol. The van der Waals surface area contributed by atoms with Crippen molar-refractivity contribution >= 4 is 17.6 Å². The number of halogens is 1. The summed E-state index contributed by atoms with van der Waals surface area (Å²) in [6, 6.07) is 7.22. The van der Waals surface area contributed by atoms with Gasteiger partial charge in [-0.25, -0.2) is 14.8 Å². The molecule has 0 spiro atoms. The van der Waals surface area contributed by atoms with Crippen LogP contribution in [0.5, 0.6) is 0 Å². The van der Waals surface area contributed by atoms with Gasteiger partial charge in [0.15, 0.2) is 5.69 Å². The van der Waals surface area contributed by atoms with E-state index in [1.165, 1.54) is 25.2 Å². The van der Waals surface area contributed by atoms with Gasteiger partial charge in [-0.1, -0.05) is 23.7 Å². The maximum absolute atomic E-state index is 10.9. The van der Waals surface area contributed by atoms with E-state index in [-0.39, 0.29) is 5.69 Å². The van der Waals surface area contributed by atoms with E-state index in [1.807, 2.05) is 18.2 Å². The summed E-state index contributed by atoms with van der Waals surface area (Å²) < 4.78 is 0. The lowest BCUT2D eigenvalue weighted by Crippen LogP contribution is -2.01. The van der Waals surface area contributed by atoms with Crippen molar-refractivity contribution in [2.75, 3.05) is 0 Å². The van der Waals surface area contributed by atoms with Gasteiger partial charge in [0.05, 0.1) is 5.69 Å². The van der Waals surface area contributed by atoms with Gasteiger partial charge >= 0.3 is 5.97 Å². The normalized spacial score (nSPS) is 14.2. The number of aromatic nitrogens is 2. The van der Waals surface area contributed by atoms with E-state index >= 15 is 0 Å². The van der Waals surface area contributed by atoms with Gasteiger partial charge in [0.1, 0.15) is 6.33 Å². The quantitative estimate of drug-likeness (QED) is 0.936. The van der Waals surface area contributed by atoms with Crippen molar-refractivity contribution in [2.45, 2.75) is 19.3 Å². The highest BCUT2D eigenvalue weighted by molar-refractivity contribution is 6.31. The molecule has 0 bridgehead atoms. The van der Waals surface area contributed by atoms with Crippen molar-refractivity contribution in [3.05, 3.63) is 46.9 Å². The summed E-state index contributed by atoms with van der Waals surface area (Å²) in [5.74, 6) is -0.291. The van der Waals surface area contributed by atoms with E-state index in [0.717, 1.165) is 23.5 Å². The van der Waals surface area contributed by atoms with Crippen LogP contribution in [-0.2, 0) is 6.42 Å². The first-order valence-electron chi connectivity index (χ1n) is 6.47. The molecule has 1 aromatic heterocycles. The highest BCUT2D eigenvalue weighted by Crippen LogP contribution is 2.35. The highest BCUT2D eigenvalue weighted by Gasteiger charge is 2.22. The number of carbonyl (C=O) groups is 1. The zero-order valence-electron chi connectivity index (χ0n) is 10.7. The molecule has 1 fully saturated rings. The number of carboxylic acids is 1. The highest BCUT2D eigenvalue weighted by atomic mass is 35.5. The van der Waals surface area contributed by atoms with Crippen LogP contribution in [0.15, 0.2) is 30.6 Å². The summed E-state index contributed by atoms with van der Waals surface area (Å²) in [5, 5.41) is 9.66. The maximum Gasteiger partial charge on any atom is 0.354 e. The molecular weight excluding hydrogens is 276 g/mol. The van der Waals surface area contributed by atoms with Crippen molar-refractivity contribution in [1.29, 1.82) is 0 Å². The topological polar surface area (TPSA) is 63.1 Å². The van der Waals surface area contributed by atoms with Crippen molar-refractivity contribution < 1.29 is 9.90 Å². The average molecular weight is 289 g/mol.